The first-order valence-electron chi connectivity index (χ1n) is 10.5. The average Bonchev–Trinajstić information content (AvgIpc) is 3.17. The Morgan fingerprint density at radius 1 is 1.07 bits per heavy atom. The number of halogens is 1. The number of amides is 1. The van der Waals surface area contributed by atoms with Crippen LogP contribution in [0.2, 0.25) is 5.02 Å². The van der Waals surface area contributed by atoms with Crippen molar-refractivity contribution in [2.45, 2.75) is 26.3 Å². The van der Waals surface area contributed by atoms with E-state index < -0.39 is 0 Å². The molecule has 1 unspecified atom stereocenters. The number of piperazine rings is 1. The summed E-state index contributed by atoms with van der Waals surface area (Å²) in [7, 11) is 2.12. The predicted molar refractivity (Wildman–Crippen MR) is 122 cm³/mol. The van der Waals surface area contributed by atoms with Crippen molar-refractivity contribution in [1.29, 1.82) is 0 Å². The number of carbonyl (C=O) groups excluding carboxylic acids is 1. The van der Waals surface area contributed by atoms with Gasteiger partial charge in [-0.1, -0.05) is 41.9 Å². The van der Waals surface area contributed by atoms with E-state index >= 15 is 0 Å². The third kappa shape index (κ3) is 4.43. The molecule has 2 aliphatic heterocycles. The van der Waals surface area contributed by atoms with Crippen molar-refractivity contribution in [3.63, 3.8) is 0 Å². The molecule has 2 aliphatic rings. The fourth-order valence-corrected chi connectivity index (χ4v) is 4.35. The van der Waals surface area contributed by atoms with Crippen LogP contribution in [-0.4, -0.2) is 66.2 Å². The van der Waals surface area contributed by atoms with Gasteiger partial charge in [0.05, 0.1) is 18.3 Å². The lowest BCUT2D eigenvalue weighted by atomic mass is 9.96. The zero-order chi connectivity index (χ0) is 21.3. The number of hydrazone groups is 1. The van der Waals surface area contributed by atoms with E-state index in [0.717, 1.165) is 43.0 Å². The minimum atomic E-state index is -0.171. The highest BCUT2D eigenvalue weighted by Gasteiger charge is 2.35. The number of likely N-dealkylation sites (N-methyl/N-ethyl adjacent to an activating group) is 1. The number of rotatable bonds is 4. The van der Waals surface area contributed by atoms with Gasteiger partial charge in [0.15, 0.2) is 0 Å². The van der Waals surface area contributed by atoms with Gasteiger partial charge in [0.1, 0.15) is 0 Å². The summed E-state index contributed by atoms with van der Waals surface area (Å²) in [6.07, 6.45) is 0.667. The molecule has 30 heavy (non-hydrogen) atoms. The average molecular weight is 425 g/mol. The first-order valence-corrected chi connectivity index (χ1v) is 10.9. The Morgan fingerprint density at radius 2 is 1.80 bits per heavy atom. The maximum atomic E-state index is 13.3. The molecule has 0 N–H and O–H groups in total. The lowest BCUT2D eigenvalue weighted by molar-refractivity contribution is -0.134. The second-order valence-electron chi connectivity index (χ2n) is 8.40. The Balaban J connectivity index is 1.61. The molecule has 1 fully saturated rings. The number of benzene rings is 2. The van der Waals surface area contributed by atoms with Crippen molar-refractivity contribution in [2.75, 3.05) is 39.8 Å². The first kappa shape index (κ1) is 21.0. The van der Waals surface area contributed by atoms with E-state index in [1.54, 1.807) is 5.01 Å². The smallest absolute Gasteiger partial charge is 0.257 e. The topological polar surface area (TPSA) is 39.2 Å². The summed E-state index contributed by atoms with van der Waals surface area (Å²) < 4.78 is 0. The van der Waals surface area contributed by atoms with Crippen LogP contribution < -0.4 is 0 Å². The fourth-order valence-electron chi connectivity index (χ4n) is 4.09. The van der Waals surface area contributed by atoms with Gasteiger partial charge < -0.3 is 4.90 Å². The van der Waals surface area contributed by atoms with Crippen LogP contribution in [0.4, 0.5) is 0 Å². The van der Waals surface area contributed by atoms with Crippen LogP contribution in [0.25, 0.3) is 0 Å². The van der Waals surface area contributed by atoms with Gasteiger partial charge in [-0.3, -0.25) is 9.69 Å². The van der Waals surface area contributed by atoms with E-state index in [-0.39, 0.29) is 11.9 Å². The van der Waals surface area contributed by atoms with Crippen LogP contribution in [-0.2, 0) is 4.79 Å². The summed E-state index contributed by atoms with van der Waals surface area (Å²) in [5.74, 6) is 0.0308. The summed E-state index contributed by atoms with van der Waals surface area (Å²) in [6, 6.07) is 14.0. The third-order valence-corrected chi connectivity index (χ3v) is 6.57. The Hall–Kier alpha value is -2.21. The van der Waals surface area contributed by atoms with Gasteiger partial charge in [-0.2, -0.15) is 5.10 Å². The zero-order valence-electron chi connectivity index (χ0n) is 17.9. The van der Waals surface area contributed by atoms with E-state index in [9.17, 15) is 4.79 Å². The number of hydrogen-bond donors (Lipinski definition) is 0. The fraction of sp³-hybridized carbons (Fsp3) is 0.417. The SMILES string of the molecule is Cc1ccc(C2=NN(C(=O)CN3CCN(C)CC3)C(c3ccccc3Cl)C2)cc1C. The quantitative estimate of drug-likeness (QED) is 0.747. The maximum Gasteiger partial charge on any atom is 0.257 e. The molecule has 0 saturated carbocycles. The molecule has 2 heterocycles. The van der Waals surface area contributed by atoms with Crippen LogP contribution >= 0.6 is 11.6 Å². The molecular formula is C24H29ClN4O. The van der Waals surface area contributed by atoms with Gasteiger partial charge >= 0.3 is 0 Å². The largest absolute Gasteiger partial charge is 0.304 e. The van der Waals surface area contributed by atoms with Crippen LogP contribution in [0.3, 0.4) is 0 Å². The second-order valence-corrected chi connectivity index (χ2v) is 8.81. The molecule has 4 rings (SSSR count). The maximum absolute atomic E-state index is 13.3. The van der Waals surface area contributed by atoms with Crippen LogP contribution in [0.1, 0.15) is 34.7 Å². The summed E-state index contributed by atoms with van der Waals surface area (Å²) in [5, 5.41) is 7.16. The number of aryl methyl sites for hydroxylation is 2. The first-order chi connectivity index (χ1) is 14.4. The van der Waals surface area contributed by atoms with Gasteiger partial charge in [0, 0.05) is 37.6 Å². The standard InChI is InChI=1S/C24H29ClN4O/c1-17-8-9-19(14-18(17)2)22-15-23(20-6-4-5-7-21(20)25)29(26-22)24(30)16-28-12-10-27(3)11-13-28/h4-9,14,23H,10-13,15-16H2,1-3H3. The van der Waals surface area contributed by atoms with Crippen molar-refractivity contribution >= 4 is 23.2 Å². The molecule has 1 atom stereocenters. The van der Waals surface area contributed by atoms with Gasteiger partial charge in [-0.15, -0.1) is 0 Å². The summed E-state index contributed by atoms with van der Waals surface area (Å²) in [4.78, 5) is 17.8. The summed E-state index contributed by atoms with van der Waals surface area (Å²) in [6.45, 7) is 8.38. The molecule has 0 bridgehead atoms. The van der Waals surface area contributed by atoms with Gasteiger partial charge in [-0.25, -0.2) is 5.01 Å². The summed E-state index contributed by atoms with van der Waals surface area (Å²) >= 11 is 6.52. The van der Waals surface area contributed by atoms with Crippen molar-refractivity contribution in [1.82, 2.24) is 14.8 Å². The van der Waals surface area contributed by atoms with Gasteiger partial charge in [0.2, 0.25) is 0 Å². The lowest BCUT2D eigenvalue weighted by Gasteiger charge is -2.33. The number of hydrogen-bond acceptors (Lipinski definition) is 4. The molecule has 0 aromatic heterocycles. The monoisotopic (exact) mass is 424 g/mol. The van der Waals surface area contributed by atoms with Gasteiger partial charge in [0.25, 0.3) is 5.91 Å². The molecule has 2 aromatic carbocycles. The minimum Gasteiger partial charge on any atom is -0.304 e. The number of nitrogens with zero attached hydrogens (tertiary/aromatic N) is 4. The Labute approximate surface area is 183 Å². The third-order valence-electron chi connectivity index (χ3n) is 6.23. The molecule has 158 valence electrons. The molecule has 5 nitrogen and oxygen atoms in total. The highest BCUT2D eigenvalue weighted by atomic mass is 35.5. The zero-order valence-corrected chi connectivity index (χ0v) is 18.7. The normalized spacial score (nSPS) is 20.5. The molecule has 6 heteroatoms. The van der Waals surface area contributed by atoms with E-state index in [1.807, 2.05) is 24.3 Å². The van der Waals surface area contributed by atoms with E-state index in [2.05, 4.69) is 48.9 Å². The van der Waals surface area contributed by atoms with Crippen molar-refractivity contribution < 1.29 is 4.79 Å². The van der Waals surface area contributed by atoms with Gasteiger partial charge in [-0.05, 0) is 55.3 Å². The second kappa shape index (κ2) is 8.88. The van der Waals surface area contributed by atoms with Crippen LogP contribution in [0.5, 0.6) is 0 Å². The van der Waals surface area contributed by atoms with Crippen LogP contribution in [0, 0.1) is 13.8 Å². The Morgan fingerprint density at radius 3 is 2.50 bits per heavy atom. The molecule has 2 aromatic rings. The molecule has 0 aliphatic carbocycles. The summed E-state index contributed by atoms with van der Waals surface area (Å²) in [5.41, 5.74) is 5.45. The van der Waals surface area contributed by atoms with E-state index in [4.69, 9.17) is 16.7 Å². The molecule has 0 radical (unpaired) electrons. The van der Waals surface area contributed by atoms with E-state index in [0.29, 0.717) is 18.0 Å². The molecule has 1 amide bonds. The Bertz CT molecular complexity index is 965. The van der Waals surface area contributed by atoms with Crippen LogP contribution in [0.15, 0.2) is 47.6 Å². The lowest BCUT2D eigenvalue weighted by Crippen LogP contribution is -2.48. The van der Waals surface area contributed by atoms with Crippen molar-refractivity contribution in [3.05, 3.63) is 69.7 Å². The molecular weight excluding hydrogens is 396 g/mol. The minimum absolute atomic E-state index is 0.0308. The van der Waals surface area contributed by atoms with Crippen molar-refractivity contribution in [2.24, 2.45) is 5.10 Å². The highest BCUT2D eigenvalue weighted by molar-refractivity contribution is 6.31. The number of carbonyl (C=O) groups is 1. The Kier molecular flexibility index (Phi) is 6.23. The molecule has 1 saturated heterocycles. The highest BCUT2D eigenvalue weighted by Crippen LogP contribution is 2.36. The van der Waals surface area contributed by atoms with E-state index in [1.165, 1.54) is 11.1 Å². The molecule has 0 spiro atoms. The predicted octanol–water partition coefficient (Wildman–Crippen LogP) is 3.88. The van der Waals surface area contributed by atoms with Crippen molar-refractivity contribution in [3.8, 4) is 0 Å².